The molecule has 18 heteroatoms. The number of carbonyl (C=O) groups excluding carboxylic acids is 6. The van der Waals surface area contributed by atoms with Gasteiger partial charge in [0.1, 0.15) is 30.2 Å². The molecule has 6 atom stereocenters. The summed E-state index contributed by atoms with van der Waals surface area (Å²) in [6, 6.07) is 1.26. The number of rotatable bonds is 26. The average molecular weight is 763 g/mol. The number of hydrogen-bond donors (Lipinski definition) is 10. The number of nitrogens with two attached hydrogens (primary N) is 3. The summed E-state index contributed by atoms with van der Waals surface area (Å²) in [5.41, 5.74) is 17.7. The zero-order valence-corrected chi connectivity index (χ0v) is 31.5. The van der Waals surface area contributed by atoms with Crippen molar-refractivity contribution in [1.82, 2.24) is 26.6 Å². The van der Waals surface area contributed by atoms with Crippen LogP contribution in [0.15, 0.2) is 30.3 Å². The lowest BCUT2D eigenvalue weighted by molar-refractivity contribution is -0.144. The lowest BCUT2D eigenvalue weighted by atomic mass is 9.99. The molecule has 0 unspecified atom stereocenters. The summed E-state index contributed by atoms with van der Waals surface area (Å²) in [4.78, 5) is 102. The van der Waals surface area contributed by atoms with Crippen molar-refractivity contribution in [3.63, 3.8) is 0 Å². The van der Waals surface area contributed by atoms with E-state index in [4.69, 9.17) is 17.2 Å². The van der Waals surface area contributed by atoms with Crippen molar-refractivity contribution in [3.8, 4) is 0 Å². The number of nitrogens with one attached hydrogen (secondary N) is 5. The third kappa shape index (κ3) is 18.6. The van der Waals surface area contributed by atoms with Crippen molar-refractivity contribution in [2.75, 3.05) is 6.54 Å². The Morgan fingerprint density at radius 2 is 1.09 bits per heavy atom. The first-order valence-electron chi connectivity index (χ1n) is 18.1. The van der Waals surface area contributed by atoms with E-state index in [1.165, 1.54) is 0 Å². The largest absolute Gasteiger partial charge is 0.481 e. The third-order valence-corrected chi connectivity index (χ3v) is 8.20. The molecule has 302 valence electrons. The van der Waals surface area contributed by atoms with Gasteiger partial charge in [-0.3, -0.25) is 33.6 Å². The zero-order chi connectivity index (χ0) is 41.0. The summed E-state index contributed by atoms with van der Waals surface area (Å²) in [6.07, 6.45) is -0.299. The summed E-state index contributed by atoms with van der Waals surface area (Å²) in [7, 11) is 0. The van der Waals surface area contributed by atoms with Crippen LogP contribution in [-0.2, 0) is 44.8 Å². The quantitative estimate of drug-likeness (QED) is 0.0510. The van der Waals surface area contributed by atoms with Crippen LogP contribution in [0.2, 0.25) is 0 Å². The minimum Gasteiger partial charge on any atom is -0.481 e. The highest BCUT2D eigenvalue weighted by atomic mass is 16.4. The van der Waals surface area contributed by atoms with Gasteiger partial charge in [0, 0.05) is 6.42 Å². The van der Waals surface area contributed by atoms with Crippen LogP contribution >= 0.6 is 0 Å². The van der Waals surface area contributed by atoms with Crippen LogP contribution in [0.4, 0.5) is 0 Å². The molecule has 0 fully saturated rings. The number of unbranched alkanes of at least 4 members (excludes halogenated alkanes) is 1. The predicted molar refractivity (Wildman–Crippen MR) is 198 cm³/mol. The van der Waals surface area contributed by atoms with E-state index in [2.05, 4.69) is 26.6 Å². The fourth-order valence-electron chi connectivity index (χ4n) is 5.42. The van der Waals surface area contributed by atoms with Gasteiger partial charge < -0.3 is 54.0 Å². The van der Waals surface area contributed by atoms with E-state index < -0.39 is 90.1 Å². The number of primary amides is 1. The molecule has 1 rings (SSSR count). The van der Waals surface area contributed by atoms with Crippen molar-refractivity contribution in [1.29, 1.82) is 0 Å². The van der Waals surface area contributed by atoms with Gasteiger partial charge in [0.05, 0.1) is 12.5 Å². The minimum absolute atomic E-state index is 0.0141. The van der Waals surface area contributed by atoms with E-state index in [0.717, 1.165) is 5.56 Å². The Hall–Kier alpha value is -5.10. The molecule has 0 bridgehead atoms. The molecule has 13 N–H and O–H groups in total. The second-order valence-electron chi connectivity index (χ2n) is 14.1. The predicted octanol–water partition coefficient (Wildman–Crippen LogP) is -0.974. The van der Waals surface area contributed by atoms with Gasteiger partial charge in [0.25, 0.3) is 0 Å². The first-order chi connectivity index (χ1) is 25.3. The Bertz CT molecular complexity index is 1430. The maximum atomic E-state index is 13.8. The Kier molecular flexibility index (Phi) is 21.1. The first kappa shape index (κ1) is 46.9. The van der Waals surface area contributed by atoms with Crippen LogP contribution < -0.4 is 43.8 Å². The number of carboxylic acid groups (broad SMARTS) is 2. The van der Waals surface area contributed by atoms with Crippen molar-refractivity contribution < 1.29 is 48.6 Å². The zero-order valence-electron chi connectivity index (χ0n) is 31.5. The monoisotopic (exact) mass is 762 g/mol. The van der Waals surface area contributed by atoms with E-state index in [0.29, 0.717) is 12.8 Å². The van der Waals surface area contributed by atoms with Crippen LogP contribution in [-0.4, -0.2) is 100 Å². The van der Waals surface area contributed by atoms with Gasteiger partial charge in [-0.2, -0.15) is 0 Å². The maximum Gasteiger partial charge on any atom is 0.326 e. The van der Waals surface area contributed by atoms with Gasteiger partial charge in [-0.25, -0.2) is 4.79 Å². The third-order valence-electron chi connectivity index (χ3n) is 8.20. The topological polar surface area (TPSA) is 315 Å². The smallest absolute Gasteiger partial charge is 0.326 e. The van der Waals surface area contributed by atoms with Crippen LogP contribution in [0.5, 0.6) is 0 Å². The Morgan fingerprint density at radius 1 is 0.630 bits per heavy atom. The molecule has 0 radical (unpaired) electrons. The lowest BCUT2D eigenvalue weighted by Gasteiger charge is -2.28. The molecule has 0 aliphatic carbocycles. The molecular formula is C36H58N8O10. The van der Waals surface area contributed by atoms with E-state index in [1.54, 1.807) is 0 Å². The summed E-state index contributed by atoms with van der Waals surface area (Å²) in [5, 5.41) is 31.4. The SMILES string of the molecule is CC(C)C[C@H](NC(=O)[C@H](CC(C)C)NC(=O)[C@@H](N)Cc1ccccc1)C(=O)N[C@@H](CCCCN)C(=O)N[C@@H](CC(=O)O)C(=O)N[C@@H](CCC(N)=O)C(=O)O. The Morgan fingerprint density at radius 3 is 1.57 bits per heavy atom. The number of carbonyl (C=O) groups is 8. The standard InChI is InChI=1S/C36H58N8O10/c1-20(2)16-26(42-31(48)23(38)18-22-10-6-5-7-11-22)34(51)43-27(17-21(3)4)33(50)40-24(12-8-9-15-37)32(49)44-28(19-30(46)47)35(52)41-25(36(53)54)13-14-29(39)45/h5-7,10-11,20-21,23-28H,8-9,12-19,37-38H2,1-4H3,(H2,39,45)(H,40,50)(H,41,52)(H,42,48)(H,43,51)(H,44,49)(H,46,47)(H,53,54)/t23-,24-,25-,26-,27-,28-/m0/s1. The molecule has 1 aromatic carbocycles. The number of benzene rings is 1. The molecule has 0 aromatic heterocycles. The van der Waals surface area contributed by atoms with Gasteiger partial charge in [0.2, 0.25) is 35.4 Å². The molecule has 54 heavy (non-hydrogen) atoms. The van der Waals surface area contributed by atoms with Gasteiger partial charge in [0.15, 0.2) is 0 Å². The molecule has 1 aromatic rings. The molecule has 18 nitrogen and oxygen atoms in total. The van der Waals surface area contributed by atoms with E-state index in [-0.39, 0.29) is 56.9 Å². The first-order valence-corrected chi connectivity index (χ1v) is 18.1. The summed E-state index contributed by atoms with van der Waals surface area (Å²) < 4.78 is 0. The lowest BCUT2D eigenvalue weighted by Crippen LogP contribution is -2.59. The Labute approximate surface area is 315 Å². The van der Waals surface area contributed by atoms with Crippen LogP contribution in [0.1, 0.15) is 84.6 Å². The van der Waals surface area contributed by atoms with Crippen molar-refractivity contribution >= 4 is 47.4 Å². The van der Waals surface area contributed by atoms with Gasteiger partial charge in [-0.15, -0.1) is 0 Å². The highest BCUT2D eigenvalue weighted by molar-refractivity contribution is 5.97. The number of carboxylic acids is 2. The second kappa shape index (κ2) is 24.3. The Balaban J connectivity index is 3.24. The molecule has 0 aliphatic rings. The minimum atomic E-state index is -1.76. The molecule has 0 aliphatic heterocycles. The number of hydrogen-bond acceptors (Lipinski definition) is 10. The fraction of sp³-hybridized carbons (Fsp3) is 0.611. The van der Waals surface area contributed by atoms with Crippen molar-refractivity contribution in [3.05, 3.63) is 35.9 Å². The summed E-state index contributed by atoms with van der Waals surface area (Å²) in [6.45, 7) is 7.62. The van der Waals surface area contributed by atoms with Crippen LogP contribution in [0.25, 0.3) is 0 Å². The molecule has 0 saturated heterocycles. The molecule has 0 heterocycles. The van der Waals surface area contributed by atoms with Crippen LogP contribution in [0.3, 0.4) is 0 Å². The summed E-state index contributed by atoms with van der Waals surface area (Å²) >= 11 is 0. The van der Waals surface area contributed by atoms with E-state index in [9.17, 15) is 48.6 Å². The van der Waals surface area contributed by atoms with Crippen molar-refractivity contribution in [2.24, 2.45) is 29.0 Å². The van der Waals surface area contributed by atoms with Gasteiger partial charge in [-0.05, 0) is 68.9 Å². The van der Waals surface area contributed by atoms with Crippen LogP contribution in [0, 0.1) is 11.8 Å². The maximum absolute atomic E-state index is 13.8. The van der Waals surface area contributed by atoms with E-state index in [1.807, 2.05) is 58.0 Å². The second-order valence-corrected chi connectivity index (χ2v) is 14.1. The molecular weight excluding hydrogens is 704 g/mol. The van der Waals surface area contributed by atoms with Crippen molar-refractivity contribution in [2.45, 2.75) is 122 Å². The fourth-order valence-corrected chi connectivity index (χ4v) is 5.42. The van der Waals surface area contributed by atoms with E-state index >= 15 is 0 Å². The number of aliphatic carboxylic acids is 2. The number of amides is 6. The summed E-state index contributed by atoms with van der Waals surface area (Å²) in [5.74, 6) is -8.03. The molecule has 6 amide bonds. The highest BCUT2D eigenvalue weighted by Crippen LogP contribution is 2.12. The van der Waals surface area contributed by atoms with Gasteiger partial charge in [-0.1, -0.05) is 58.0 Å². The normalized spacial score (nSPS) is 14.4. The molecule has 0 saturated carbocycles. The highest BCUT2D eigenvalue weighted by Gasteiger charge is 2.34. The molecule has 0 spiro atoms. The average Bonchev–Trinajstić information content (AvgIpc) is 3.08. The van der Waals surface area contributed by atoms with Gasteiger partial charge >= 0.3 is 11.9 Å².